The zero-order chi connectivity index (χ0) is 20.2. The second-order valence-corrected chi connectivity index (χ2v) is 8.55. The average Bonchev–Trinajstić information content (AvgIpc) is 2.91. The Morgan fingerprint density at radius 1 is 1.14 bits per heavy atom. The molecule has 152 valence electrons. The topological polar surface area (TPSA) is 83.4 Å². The molecule has 2 heterocycles. The smallest absolute Gasteiger partial charge is 0.247 e. The minimum atomic E-state index is -0.465. The fourth-order valence-corrected chi connectivity index (χ4v) is 4.98. The quantitative estimate of drug-likeness (QED) is 0.725. The molecule has 2 aliphatic rings. The highest BCUT2D eigenvalue weighted by atomic mass is 32.1. The van der Waals surface area contributed by atoms with Crippen LogP contribution in [0.1, 0.15) is 48.6 Å². The molecular weight excluding hydrogens is 386 g/mol. The Kier molecular flexibility index (Phi) is 5.91. The zero-order valence-electron chi connectivity index (χ0n) is 16.5. The molecular formula is C22H25N3O3S. The van der Waals surface area contributed by atoms with E-state index in [0.717, 1.165) is 49.1 Å². The third-order valence-corrected chi connectivity index (χ3v) is 6.50. The van der Waals surface area contributed by atoms with E-state index < -0.39 is 6.04 Å². The van der Waals surface area contributed by atoms with Gasteiger partial charge in [-0.15, -0.1) is 11.3 Å². The number of aryl methyl sites for hydroxylation is 1. The highest BCUT2D eigenvalue weighted by Crippen LogP contribution is 2.37. The molecule has 0 saturated heterocycles. The number of thiophene rings is 1. The molecule has 1 aromatic heterocycles. The third kappa shape index (κ3) is 4.33. The van der Waals surface area contributed by atoms with Crippen molar-refractivity contribution in [2.45, 2.75) is 51.5 Å². The van der Waals surface area contributed by atoms with Crippen molar-refractivity contribution in [1.82, 2.24) is 0 Å². The molecule has 4 rings (SSSR count). The lowest BCUT2D eigenvalue weighted by atomic mass is 10.1. The van der Waals surface area contributed by atoms with Crippen molar-refractivity contribution in [2.24, 2.45) is 0 Å². The number of fused-ring (bicyclic) bond motifs is 2. The molecule has 7 heteroatoms. The van der Waals surface area contributed by atoms with E-state index in [4.69, 9.17) is 9.47 Å². The van der Waals surface area contributed by atoms with Gasteiger partial charge in [-0.25, -0.2) is 0 Å². The van der Waals surface area contributed by atoms with Crippen molar-refractivity contribution in [1.29, 1.82) is 5.26 Å². The number of anilines is 2. The number of nitrogens with one attached hydrogen (secondary N) is 2. The maximum Gasteiger partial charge on any atom is 0.247 e. The van der Waals surface area contributed by atoms with E-state index in [1.807, 2.05) is 25.1 Å². The van der Waals surface area contributed by atoms with Crippen LogP contribution in [0.3, 0.4) is 0 Å². The SMILES string of the molecule is CC(Nc1ccc2c(c1)OCCCO2)C(=O)Nc1sc2c(c1C#N)CCCCC2. The lowest BCUT2D eigenvalue weighted by molar-refractivity contribution is -0.116. The van der Waals surface area contributed by atoms with Crippen LogP contribution in [0.2, 0.25) is 0 Å². The Hall–Kier alpha value is -2.72. The number of nitrogens with zero attached hydrogens (tertiary/aromatic N) is 1. The highest BCUT2D eigenvalue weighted by molar-refractivity contribution is 7.16. The van der Waals surface area contributed by atoms with Crippen LogP contribution in [0, 0.1) is 11.3 Å². The molecule has 0 spiro atoms. The van der Waals surface area contributed by atoms with Crippen LogP contribution < -0.4 is 20.1 Å². The summed E-state index contributed by atoms with van der Waals surface area (Å²) in [4.78, 5) is 14.0. The standard InChI is InChI=1S/C22H25N3O3S/c1-14(24-15-8-9-18-19(12-15)28-11-5-10-27-18)21(26)25-22-17(13-23)16-6-3-2-4-7-20(16)29-22/h8-9,12,14,24H,2-7,10-11H2,1H3,(H,25,26). The van der Waals surface area contributed by atoms with Crippen molar-refractivity contribution < 1.29 is 14.3 Å². The summed E-state index contributed by atoms with van der Waals surface area (Å²) >= 11 is 1.55. The first-order valence-corrected chi connectivity index (χ1v) is 11.0. The monoisotopic (exact) mass is 411 g/mol. The molecule has 29 heavy (non-hydrogen) atoms. The van der Waals surface area contributed by atoms with Crippen LogP contribution >= 0.6 is 11.3 Å². The number of hydrogen-bond donors (Lipinski definition) is 2. The molecule has 2 N–H and O–H groups in total. The number of carbonyl (C=O) groups is 1. The molecule has 1 aliphatic heterocycles. The predicted octanol–water partition coefficient (Wildman–Crippen LogP) is 4.49. The maximum absolute atomic E-state index is 12.8. The molecule has 1 atom stereocenters. The van der Waals surface area contributed by atoms with Gasteiger partial charge in [-0.05, 0) is 50.3 Å². The second kappa shape index (κ2) is 8.75. The van der Waals surface area contributed by atoms with Crippen molar-refractivity contribution in [3.8, 4) is 17.6 Å². The summed E-state index contributed by atoms with van der Waals surface area (Å²) in [6.45, 7) is 3.07. The minimum Gasteiger partial charge on any atom is -0.490 e. The number of rotatable bonds is 4. The van der Waals surface area contributed by atoms with Crippen LogP contribution in [-0.2, 0) is 17.6 Å². The van der Waals surface area contributed by atoms with Gasteiger partial charge >= 0.3 is 0 Å². The number of ether oxygens (including phenoxy) is 2. The van der Waals surface area contributed by atoms with Crippen molar-refractivity contribution in [3.63, 3.8) is 0 Å². The normalized spacial score (nSPS) is 16.6. The van der Waals surface area contributed by atoms with Crippen LogP contribution in [0.5, 0.6) is 11.5 Å². The summed E-state index contributed by atoms with van der Waals surface area (Å²) in [7, 11) is 0. The zero-order valence-corrected chi connectivity index (χ0v) is 17.4. The van der Waals surface area contributed by atoms with Gasteiger partial charge in [0, 0.05) is 23.1 Å². The van der Waals surface area contributed by atoms with Gasteiger partial charge in [0.15, 0.2) is 11.5 Å². The highest BCUT2D eigenvalue weighted by Gasteiger charge is 2.23. The molecule has 0 bridgehead atoms. The molecule has 2 aromatic rings. The lowest BCUT2D eigenvalue weighted by Crippen LogP contribution is -2.31. The van der Waals surface area contributed by atoms with Gasteiger partial charge < -0.3 is 20.1 Å². The van der Waals surface area contributed by atoms with E-state index in [0.29, 0.717) is 29.5 Å². The fraction of sp³-hybridized carbons (Fsp3) is 0.455. The first kappa shape index (κ1) is 19.6. The van der Waals surface area contributed by atoms with Gasteiger partial charge in [-0.3, -0.25) is 4.79 Å². The van der Waals surface area contributed by atoms with Gasteiger partial charge in [0.1, 0.15) is 17.1 Å². The molecule has 6 nitrogen and oxygen atoms in total. The van der Waals surface area contributed by atoms with E-state index in [1.165, 1.54) is 11.3 Å². The van der Waals surface area contributed by atoms with Gasteiger partial charge in [0.05, 0.1) is 18.8 Å². The Morgan fingerprint density at radius 2 is 1.93 bits per heavy atom. The first-order chi connectivity index (χ1) is 14.2. The Balaban J connectivity index is 1.45. The van der Waals surface area contributed by atoms with Gasteiger partial charge in [-0.1, -0.05) is 6.42 Å². The average molecular weight is 412 g/mol. The summed E-state index contributed by atoms with van der Waals surface area (Å²) in [5, 5.41) is 16.5. The van der Waals surface area contributed by atoms with E-state index in [2.05, 4.69) is 16.7 Å². The molecule has 1 unspecified atom stereocenters. The number of carbonyl (C=O) groups excluding carboxylic acids is 1. The number of hydrogen-bond acceptors (Lipinski definition) is 6. The number of benzene rings is 1. The molecule has 0 saturated carbocycles. The Morgan fingerprint density at radius 3 is 2.76 bits per heavy atom. The van der Waals surface area contributed by atoms with E-state index in [1.54, 1.807) is 11.3 Å². The van der Waals surface area contributed by atoms with Crippen molar-refractivity contribution in [3.05, 3.63) is 34.2 Å². The summed E-state index contributed by atoms with van der Waals surface area (Å²) in [5.74, 6) is 1.25. The third-order valence-electron chi connectivity index (χ3n) is 5.29. The van der Waals surface area contributed by atoms with Crippen LogP contribution in [0.4, 0.5) is 10.7 Å². The van der Waals surface area contributed by atoms with Crippen molar-refractivity contribution in [2.75, 3.05) is 23.8 Å². The van der Waals surface area contributed by atoms with E-state index in [-0.39, 0.29) is 5.91 Å². The minimum absolute atomic E-state index is 0.162. The van der Waals surface area contributed by atoms with E-state index in [9.17, 15) is 10.1 Å². The number of nitriles is 1. The molecule has 0 fully saturated rings. The van der Waals surface area contributed by atoms with Gasteiger partial charge in [0.2, 0.25) is 5.91 Å². The van der Waals surface area contributed by atoms with Gasteiger partial charge in [0.25, 0.3) is 0 Å². The maximum atomic E-state index is 12.8. The molecule has 1 amide bonds. The van der Waals surface area contributed by atoms with Gasteiger partial charge in [-0.2, -0.15) is 5.26 Å². The summed E-state index contributed by atoms with van der Waals surface area (Å²) in [6.07, 6.45) is 6.22. The second-order valence-electron chi connectivity index (χ2n) is 7.45. The largest absolute Gasteiger partial charge is 0.490 e. The first-order valence-electron chi connectivity index (χ1n) is 10.2. The van der Waals surface area contributed by atoms with Crippen molar-refractivity contribution >= 4 is 27.9 Å². The van der Waals surface area contributed by atoms with Crippen LogP contribution in [0.25, 0.3) is 0 Å². The Bertz CT molecular complexity index is 948. The Labute approximate surface area is 174 Å². The lowest BCUT2D eigenvalue weighted by Gasteiger charge is -2.16. The summed E-state index contributed by atoms with van der Waals surface area (Å²) in [5.41, 5.74) is 2.57. The summed E-state index contributed by atoms with van der Waals surface area (Å²) < 4.78 is 11.4. The molecule has 0 radical (unpaired) electrons. The summed E-state index contributed by atoms with van der Waals surface area (Å²) in [6, 6.07) is 7.44. The molecule has 1 aliphatic carbocycles. The predicted molar refractivity (Wildman–Crippen MR) is 114 cm³/mol. The van der Waals surface area contributed by atoms with Crippen LogP contribution in [-0.4, -0.2) is 25.2 Å². The number of amides is 1. The van der Waals surface area contributed by atoms with E-state index >= 15 is 0 Å². The van der Waals surface area contributed by atoms with Crippen LogP contribution in [0.15, 0.2) is 18.2 Å². The fourth-order valence-electron chi connectivity index (χ4n) is 3.74. The molecule has 1 aromatic carbocycles.